The van der Waals surface area contributed by atoms with E-state index in [0.29, 0.717) is 12.6 Å². The van der Waals surface area contributed by atoms with Crippen LogP contribution in [0.3, 0.4) is 0 Å². The van der Waals surface area contributed by atoms with E-state index in [1.807, 2.05) is 36.1 Å². The monoisotopic (exact) mass is 290 g/mol. The van der Waals surface area contributed by atoms with Gasteiger partial charge in [-0.05, 0) is 31.4 Å². The topological polar surface area (TPSA) is 69.6 Å². The number of carbonyl (C=O) groups is 2. The molecular formula is C16H22N2O3. The zero-order chi connectivity index (χ0) is 15.4. The maximum absolute atomic E-state index is 12.2. The van der Waals surface area contributed by atoms with Crippen LogP contribution in [0.15, 0.2) is 24.3 Å². The number of carbonyl (C=O) groups excluding carboxylic acids is 1. The minimum Gasteiger partial charge on any atom is -0.481 e. The molecule has 0 heterocycles. The molecule has 1 fully saturated rings. The van der Waals surface area contributed by atoms with Gasteiger partial charge in [0.25, 0.3) is 0 Å². The molecule has 1 saturated carbocycles. The first kappa shape index (κ1) is 15.5. The molecule has 5 nitrogen and oxygen atoms in total. The summed E-state index contributed by atoms with van der Waals surface area (Å²) in [6.45, 7) is 4.29. The number of aliphatic carboxylic acids is 1. The van der Waals surface area contributed by atoms with Gasteiger partial charge in [0.05, 0.1) is 12.5 Å². The molecule has 2 rings (SSSR count). The number of carboxylic acids is 1. The van der Waals surface area contributed by atoms with Gasteiger partial charge >= 0.3 is 5.97 Å². The lowest BCUT2D eigenvalue weighted by Gasteiger charge is -2.23. The maximum atomic E-state index is 12.2. The summed E-state index contributed by atoms with van der Waals surface area (Å²) in [5.41, 5.74) is 1.83. The second kappa shape index (κ2) is 6.72. The van der Waals surface area contributed by atoms with Gasteiger partial charge < -0.3 is 10.4 Å². The van der Waals surface area contributed by atoms with Crippen molar-refractivity contribution in [2.45, 2.75) is 32.7 Å². The molecule has 1 aliphatic carbocycles. The van der Waals surface area contributed by atoms with Crippen LogP contribution in [0, 0.1) is 12.8 Å². The molecule has 1 aliphatic rings. The Morgan fingerprint density at radius 2 is 2.05 bits per heavy atom. The van der Waals surface area contributed by atoms with E-state index in [1.165, 1.54) is 0 Å². The average Bonchev–Trinajstić information content (AvgIpc) is 3.25. The Balaban J connectivity index is 1.92. The molecule has 0 aliphatic heterocycles. The second-order valence-electron chi connectivity index (χ2n) is 5.76. The summed E-state index contributed by atoms with van der Waals surface area (Å²) < 4.78 is 0. The minimum atomic E-state index is -0.819. The Kier molecular flexibility index (Phi) is 4.96. The van der Waals surface area contributed by atoms with E-state index in [1.54, 1.807) is 6.92 Å². The van der Waals surface area contributed by atoms with Crippen LogP contribution in [0.25, 0.3) is 0 Å². The molecule has 2 N–H and O–H groups in total. The molecule has 5 heteroatoms. The number of aryl methyl sites for hydroxylation is 1. The van der Waals surface area contributed by atoms with Crippen LogP contribution in [-0.2, 0) is 9.59 Å². The summed E-state index contributed by atoms with van der Waals surface area (Å²) in [6, 6.07) is 7.98. The van der Waals surface area contributed by atoms with Crippen molar-refractivity contribution in [1.29, 1.82) is 0 Å². The molecule has 0 aromatic heterocycles. The van der Waals surface area contributed by atoms with E-state index in [4.69, 9.17) is 5.11 Å². The van der Waals surface area contributed by atoms with Crippen molar-refractivity contribution in [3.8, 4) is 0 Å². The molecule has 1 aromatic rings. The summed E-state index contributed by atoms with van der Waals surface area (Å²) >= 11 is 0. The highest BCUT2D eigenvalue weighted by Crippen LogP contribution is 2.27. The van der Waals surface area contributed by atoms with Gasteiger partial charge in [-0.25, -0.2) is 0 Å². The summed E-state index contributed by atoms with van der Waals surface area (Å²) in [7, 11) is 0. The van der Waals surface area contributed by atoms with Gasteiger partial charge in [0, 0.05) is 18.3 Å². The minimum absolute atomic E-state index is 0.0891. The van der Waals surface area contributed by atoms with Crippen LogP contribution in [0.5, 0.6) is 0 Å². The SMILES string of the molecule is Cc1ccccc1NC(=O)CN(CC(C)C(=O)O)C1CC1. The quantitative estimate of drug-likeness (QED) is 0.807. The van der Waals surface area contributed by atoms with Gasteiger partial charge in [-0.15, -0.1) is 0 Å². The van der Waals surface area contributed by atoms with Crippen LogP contribution < -0.4 is 5.32 Å². The first-order valence-electron chi connectivity index (χ1n) is 7.29. The summed E-state index contributed by atoms with van der Waals surface area (Å²) in [6.07, 6.45) is 2.09. The standard InChI is InChI=1S/C16H22N2O3/c1-11-5-3-4-6-14(11)17-15(19)10-18(13-7-8-13)9-12(2)16(20)21/h3-6,12-13H,7-10H2,1-2H3,(H,17,19)(H,20,21). The molecule has 114 valence electrons. The largest absolute Gasteiger partial charge is 0.481 e. The fourth-order valence-electron chi connectivity index (χ4n) is 2.30. The average molecular weight is 290 g/mol. The van der Waals surface area contributed by atoms with E-state index in [9.17, 15) is 9.59 Å². The highest BCUT2D eigenvalue weighted by Gasteiger charge is 2.32. The zero-order valence-corrected chi connectivity index (χ0v) is 12.5. The van der Waals surface area contributed by atoms with E-state index in [2.05, 4.69) is 5.32 Å². The first-order chi connectivity index (χ1) is 9.97. The summed E-state index contributed by atoms with van der Waals surface area (Å²) in [5.74, 6) is -1.37. The number of nitrogens with one attached hydrogen (secondary N) is 1. The molecule has 0 saturated heterocycles. The fourth-order valence-corrected chi connectivity index (χ4v) is 2.30. The number of anilines is 1. The van der Waals surface area contributed by atoms with Gasteiger partial charge in [0.2, 0.25) is 5.91 Å². The molecule has 1 atom stereocenters. The predicted molar refractivity (Wildman–Crippen MR) is 81.2 cm³/mol. The number of carboxylic acid groups (broad SMARTS) is 1. The normalized spacial score (nSPS) is 15.8. The molecule has 21 heavy (non-hydrogen) atoms. The zero-order valence-electron chi connectivity index (χ0n) is 12.5. The van der Waals surface area contributed by atoms with Crippen molar-refractivity contribution in [2.75, 3.05) is 18.4 Å². The van der Waals surface area contributed by atoms with E-state index >= 15 is 0 Å². The number of hydrogen-bond acceptors (Lipinski definition) is 3. The second-order valence-corrected chi connectivity index (χ2v) is 5.76. The number of rotatable bonds is 7. The lowest BCUT2D eigenvalue weighted by Crippen LogP contribution is -2.39. The molecule has 0 radical (unpaired) electrons. The van der Waals surface area contributed by atoms with Crippen LogP contribution in [0.4, 0.5) is 5.69 Å². The lowest BCUT2D eigenvalue weighted by atomic mass is 10.1. The van der Waals surface area contributed by atoms with Crippen molar-refractivity contribution < 1.29 is 14.7 Å². The summed E-state index contributed by atoms with van der Waals surface area (Å²) in [5, 5.41) is 11.9. The molecule has 1 amide bonds. The van der Waals surface area contributed by atoms with Crippen molar-refractivity contribution in [3.63, 3.8) is 0 Å². The van der Waals surface area contributed by atoms with Crippen LogP contribution in [0.2, 0.25) is 0 Å². The van der Waals surface area contributed by atoms with E-state index < -0.39 is 11.9 Å². The van der Waals surface area contributed by atoms with Gasteiger partial charge in [-0.3, -0.25) is 14.5 Å². The van der Waals surface area contributed by atoms with Crippen LogP contribution in [-0.4, -0.2) is 41.0 Å². The Labute approximate surface area is 125 Å². The third-order valence-electron chi connectivity index (χ3n) is 3.76. The van der Waals surface area contributed by atoms with Crippen molar-refractivity contribution in [3.05, 3.63) is 29.8 Å². The fraction of sp³-hybridized carbons (Fsp3) is 0.500. The molecule has 0 spiro atoms. The van der Waals surface area contributed by atoms with E-state index in [0.717, 1.165) is 24.1 Å². The number of amides is 1. The van der Waals surface area contributed by atoms with E-state index in [-0.39, 0.29) is 12.5 Å². The molecular weight excluding hydrogens is 268 g/mol. The highest BCUT2D eigenvalue weighted by molar-refractivity contribution is 5.93. The van der Waals surface area contributed by atoms with Crippen molar-refractivity contribution in [1.82, 2.24) is 4.90 Å². The smallest absolute Gasteiger partial charge is 0.307 e. The maximum Gasteiger partial charge on any atom is 0.307 e. The number of hydrogen-bond donors (Lipinski definition) is 2. The molecule has 0 bridgehead atoms. The third kappa shape index (κ3) is 4.56. The van der Waals surface area contributed by atoms with Crippen molar-refractivity contribution in [2.24, 2.45) is 5.92 Å². The molecule has 1 aromatic carbocycles. The lowest BCUT2D eigenvalue weighted by molar-refractivity contribution is -0.142. The van der Waals surface area contributed by atoms with Gasteiger partial charge in [0.15, 0.2) is 0 Å². The third-order valence-corrected chi connectivity index (χ3v) is 3.76. The Hall–Kier alpha value is -1.88. The van der Waals surface area contributed by atoms with Crippen molar-refractivity contribution >= 4 is 17.6 Å². The Morgan fingerprint density at radius 3 is 2.62 bits per heavy atom. The van der Waals surface area contributed by atoms with Crippen LogP contribution in [0.1, 0.15) is 25.3 Å². The van der Waals surface area contributed by atoms with Gasteiger partial charge in [0.1, 0.15) is 0 Å². The number of para-hydroxylation sites is 1. The Bertz CT molecular complexity index is 526. The number of nitrogens with zero attached hydrogens (tertiary/aromatic N) is 1. The van der Waals surface area contributed by atoms with Crippen LogP contribution >= 0.6 is 0 Å². The Morgan fingerprint density at radius 1 is 1.38 bits per heavy atom. The predicted octanol–water partition coefficient (Wildman–Crippen LogP) is 2.12. The summed E-state index contributed by atoms with van der Waals surface area (Å²) in [4.78, 5) is 25.1. The van der Waals surface area contributed by atoms with Gasteiger partial charge in [-0.2, -0.15) is 0 Å². The first-order valence-corrected chi connectivity index (χ1v) is 7.29. The highest BCUT2D eigenvalue weighted by atomic mass is 16.4. The van der Waals surface area contributed by atoms with Gasteiger partial charge in [-0.1, -0.05) is 25.1 Å². The number of benzene rings is 1. The molecule has 1 unspecified atom stereocenters.